The van der Waals surface area contributed by atoms with Gasteiger partial charge >= 0.3 is 6.18 Å². The highest BCUT2D eigenvalue weighted by molar-refractivity contribution is 6.32. The predicted molar refractivity (Wildman–Crippen MR) is 76.1 cm³/mol. The fourth-order valence-corrected chi connectivity index (χ4v) is 1.98. The van der Waals surface area contributed by atoms with Gasteiger partial charge in [0.25, 0.3) is 0 Å². The second-order valence-corrected chi connectivity index (χ2v) is 4.86. The van der Waals surface area contributed by atoms with Crippen LogP contribution in [0.1, 0.15) is 17.2 Å². The molecule has 3 N–H and O–H groups in total. The third-order valence-corrected chi connectivity index (χ3v) is 3.17. The van der Waals surface area contributed by atoms with Crippen LogP contribution in [0.15, 0.2) is 42.6 Å². The van der Waals surface area contributed by atoms with Crippen LogP contribution in [0.25, 0.3) is 0 Å². The molecule has 0 amide bonds. The lowest BCUT2D eigenvalue weighted by Gasteiger charge is -2.15. The van der Waals surface area contributed by atoms with E-state index in [1.165, 1.54) is 0 Å². The molecule has 0 saturated heterocycles. The third kappa shape index (κ3) is 4.09. The molecular formula is C14H13ClF3N3. The van der Waals surface area contributed by atoms with Gasteiger partial charge in [0, 0.05) is 18.8 Å². The van der Waals surface area contributed by atoms with Gasteiger partial charge in [-0.05, 0) is 11.6 Å². The minimum absolute atomic E-state index is 0.0925. The molecule has 0 aliphatic carbocycles. The van der Waals surface area contributed by atoms with Crippen molar-refractivity contribution in [3.05, 3.63) is 58.7 Å². The van der Waals surface area contributed by atoms with Gasteiger partial charge in [-0.25, -0.2) is 4.98 Å². The Hall–Kier alpha value is -1.79. The molecule has 21 heavy (non-hydrogen) atoms. The van der Waals surface area contributed by atoms with Crippen molar-refractivity contribution >= 4 is 17.4 Å². The zero-order valence-electron chi connectivity index (χ0n) is 10.9. The molecule has 0 radical (unpaired) electrons. The second-order valence-electron chi connectivity index (χ2n) is 4.45. The molecule has 3 nitrogen and oxygen atoms in total. The quantitative estimate of drug-likeness (QED) is 0.900. The van der Waals surface area contributed by atoms with Gasteiger partial charge in [-0.1, -0.05) is 41.9 Å². The Bertz CT molecular complexity index is 602. The van der Waals surface area contributed by atoms with Crippen molar-refractivity contribution < 1.29 is 13.2 Å². The fourth-order valence-electron chi connectivity index (χ4n) is 1.75. The molecule has 2 rings (SSSR count). The van der Waals surface area contributed by atoms with Crippen LogP contribution in [0.3, 0.4) is 0 Å². The summed E-state index contributed by atoms with van der Waals surface area (Å²) in [4.78, 5) is 3.69. The van der Waals surface area contributed by atoms with Gasteiger partial charge in [0.05, 0.1) is 10.6 Å². The van der Waals surface area contributed by atoms with Crippen molar-refractivity contribution in [3.63, 3.8) is 0 Å². The number of hydrogen-bond acceptors (Lipinski definition) is 3. The van der Waals surface area contributed by atoms with Crippen LogP contribution < -0.4 is 11.1 Å². The molecule has 0 aliphatic heterocycles. The largest absolute Gasteiger partial charge is 0.417 e. The number of nitrogens with zero attached hydrogens (tertiary/aromatic N) is 1. The summed E-state index contributed by atoms with van der Waals surface area (Å²) >= 11 is 5.80. The molecule has 0 bridgehead atoms. The lowest BCUT2D eigenvalue weighted by molar-refractivity contribution is -0.137. The van der Waals surface area contributed by atoms with Crippen molar-refractivity contribution in [3.8, 4) is 0 Å². The van der Waals surface area contributed by atoms with Crippen molar-refractivity contribution in [2.45, 2.75) is 12.2 Å². The number of halogens is 4. The molecule has 1 aromatic carbocycles. The van der Waals surface area contributed by atoms with E-state index < -0.39 is 11.7 Å². The zero-order valence-corrected chi connectivity index (χ0v) is 11.6. The Morgan fingerprint density at radius 1 is 1.24 bits per heavy atom. The summed E-state index contributed by atoms with van der Waals surface area (Å²) < 4.78 is 37.5. The standard InChI is InChI=1S/C14H13ClF3N3/c15-11-6-10(14(16,17)18)7-20-13(11)21-8-12(19)9-4-2-1-3-5-9/h1-7,12H,8,19H2,(H,20,21). The molecule has 7 heteroatoms. The molecule has 2 aromatic rings. The fraction of sp³-hybridized carbons (Fsp3) is 0.214. The number of rotatable bonds is 4. The number of nitrogens with one attached hydrogen (secondary N) is 1. The van der Waals surface area contributed by atoms with Crippen LogP contribution >= 0.6 is 11.6 Å². The summed E-state index contributed by atoms with van der Waals surface area (Å²) in [6, 6.07) is 9.86. The molecule has 1 atom stereocenters. The van der Waals surface area contributed by atoms with Crippen LogP contribution in [0.5, 0.6) is 0 Å². The van der Waals surface area contributed by atoms with Gasteiger partial charge in [0.15, 0.2) is 0 Å². The van der Waals surface area contributed by atoms with Crippen LogP contribution in [-0.2, 0) is 6.18 Å². The number of anilines is 1. The van der Waals surface area contributed by atoms with Crippen molar-refractivity contribution in [1.82, 2.24) is 4.98 Å². The molecule has 1 heterocycles. The number of pyridine rings is 1. The highest BCUT2D eigenvalue weighted by Gasteiger charge is 2.31. The van der Waals surface area contributed by atoms with Gasteiger partial charge in [-0.3, -0.25) is 0 Å². The molecule has 0 aliphatic rings. The summed E-state index contributed by atoms with van der Waals surface area (Å²) in [5.41, 5.74) is 6.01. The number of nitrogens with two attached hydrogens (primary N) is 1. The van der Waals surface area contributed by atoms with E-state index in [1.807, 2.05) is 30.3 Å². The summed E-state index contributed by atoms with van der Waals surface area (Å²) in [6.45, 7) is 0.308. The molecule has 0 saturated carbocycles. The Labute approximate surface area is 124 Å². The predicted octanol–water partition coefficient (Wildman–Crippen LogP) is 3.87. The number of alkyl halides is 3. The van der Waals surface area contributed by atoms with Crippen LogP contribution in [0.4, 0.5) is 19.0 Å². The van der Waals surface area contributed by atoms with Gasteiger partial charge in [0.1, 0.15) is 5.82 Å². The van der Waals surface area contributed by atoms with E-state index in [9.17, 15) is 13.2 Å². The molecule has 0 spiro atoms. The van der Waals surface area contributed by atoms with E-state index in [2.05, 4.69) is 10.3 Å². The van der Waals surface area contributed by atoms with Crippen molar-refractivity contribution in [2.24, 2.45) is 5.73 Å². The summed E-state index contributed by atoms with van der Waals surface area (Å²) in [7, 11) is 0. The van der Waals surface area contributed by atoms with Gasteiger partial charge in [0.2, 0.25) is 0 Å². The maximum atomic E-state index is 12.5. The smallest absolute Gasteiger partial charge is 0.367 e. The first-order valence-electron chi connectivity index (χ1n) is 6.15. The maximum Gasteiger partial charge on any atom is 0.417 e. The first-order chi connectivity index (χ1) is 9.88. The minimum atomic E-state index is -4.46. The van der Waals surface area contributed by atoms with Gasteiger partial charge < -0.3 is 11.1 Å². The minimum Gasteiger partial charge on any atom is -0.367 e. The topological polar surface area (TPSA) is 50.9 Å². The summed E-state index contributed by atoms with van der Waals surface area (Å²) in [5, 5.41) is 2.76. The van der Waals surface area contributed by atoms with Gasteiger partial charge in [-0.2, -0.15) is 13.2 Å². The van der Waals surface area contributed by atoms with E-state index in [4.69, 9.17) is 17.3 Å². The molecule has 112 valence electrons. The van der Waals surface area contributed by atoms with Crippen LogP contribution in [0.2, 0.25) is 5.02 Å². The average molecular weight is 316 g/mol. The zero-order chi connectivity index (χ0) is 15.5. The molecule has 1 aromatic heterocycles. The Kier molecular flexibility index (Phi) is 4.69. The van der Waals surface area contributed by atoms with Crippen molar-refractivity contribution in [1.29, 1.82) is 0 Å². The average Bonchev–Trinajstić information content (AvgIpc) is 2.45. The highest BCUT2D eigenvalue weighted by Crippen LogP contribution is 2.32. The highest BCUT2D eigenvalue weighted by atomic mass is 35.5. The molecule has 0 fully saturated rings. The SMILES string of the molecule is NC(CNc1ncc(C(F)(F)F)cc1Cl)c1ccccc1. The van der Waals surface area contributed by atoms with Crippen LogP contribution in [0, 0.1) is 0 Å². The Morgan fingerprint density at radius 3 is 2.48 bits per heavy atom. The van der Waals surface area contributed by atoms with E-state index in [0.717, 1.165) is 17.8 Å². The van der Waals surface area contributed by atoms with E-state index in [0.29, 0.717) is 6.54 Å². The number of benzene rings is 1. The lowest BCUT2D eigenvalue weighted by atomic mass is 10.1. The summed E-state index contributed by atoms with van der Waals surface area (Å²) in [5.74, 6) is 0.177. The van der Waals surface area contributed by atoms with Crippen molar-refractivity contribution in [2.75, 3.05) is 11.9 Å². The monoisotopic (exact) mass is 315 g/mol. The number of aromatic nitrogens is 1. The normalized spacial score (nSPS) is 13.0. The van der Waals surface area contributed by atoms with E-state index in [1.54, 1.807) is 0 Å². The third-order valence-electron chi connectivity index (χ3n) is 2.89. The van der Waals surface area contributed by atoms with Gasteiger partial charge in [-0.15, -0.1) is 0 Å². The van der Waals surface area contributed by atoms with E-state index >= 15 is 0 Å². The maximum absolute atomic E-state index is 12.5. The summed E-state index contributed by atoms with van der Waals surface area (Å²) in [6.07, 6.45) is -3.72. The lowest BCUT2D eigenvalue weighted by Crippen LogP contribution is -2.21. The second kappa shape index (κ2) is 6.32. The Balaban J connectivity index is 2.04. The molecule has 1 unspecified atom stereocenters. The first kappa shape index (κ1) is 15.6. The number of hydrogen-bond donors (Lipinski definition) is 2. The van der Waals surface area contributed by atoms with Crippen LogP contribution in [-0.4, -0.2) is 11.5 Å². The van der Waals surface area contributed by atoms with E-state index in [-0.39, 0.29) is 16.9 Å². The Morgan fingerprint density at radius 2 is 1.90 bits per heavy atom. The molecular weight excluding hydrogens is 303 g/mol. The first-order valence-corrected chi connectivity index (χ1v) is 6.53.